The fourth-order valence-electron chi connectivity index (χ4n) is 4.90. The number of aromatic amines is 2. The topological polar surface area (TPSA) is 138 Å². The number of para-hydroxylation sites is 4. The Bertz CT molecular complexity index is 2390. The Morgan fingerprint density at radius 1 is 0.300 bits per heavy atom. The van der Waals surface area contributed by atoms with E-state index in [0.717, 1.165) is 44.8 Å². The summed E-state index contributed by atoms with van der Waals surface area (Å²) in [6.45, 7) is 0. The number of phenols is 4. The highest BCUT2D eigenvalue weighted by Gasteiger charge is 2.03. The van der Waals surface area contributed by atoms with Crippen molar-refractivity contribution in [3.05, 3.63) is 180 Å². The molecule has 7 aromatic rings. The van der Waals surface area contributed by atoms with Crippen LogP contribution >= 0.6 is 127 Å². The lowest BCUT2D eigenvalue weighted by molar-refractivity contribution is 0.468. The molecule has 16 heteroatoms. The van der Waals surface area contributed by atoms with E-state index in [2.05, 4.69) is 172 Å². The first-order chi connectivity index (χ1) is 28.7. The molecule has 0 saturated carbocycles. The number of hydrogen-bond donors (Lipinski definition) is 6. The van der Waals surface area contributed by atoms with Crippen molar-refractivity contribution in [2.24, 2.45) is 0 Å². The number of fused-ring (bicyclic) bond motifs is 8. The molecule has 3 aromatic heterocycles. The summed E-state index contributed by atoms with van der Waals surface area (Å²) in [5.74, 6) is 0.991. The van der Waals surface area contributed by atoms with Gasteiger partial charge in [-0.25, -0.2) is 9.97 Å². The summed E-state index contributed by atoms with van der Waals surface area (Å²) < 4.78 is 5.64. The minimum absolute atomic E-state index is 0.248. The lowest BCUT2D eigenvalue weighted by Crippen LogP contribution is -1.75. The number of nitrogens with one attached hydrogen (secondary N) is 2. The highest BCUT2D eigenvalue weighted by atomic mass is 79.9. The van der Waals surface area contributed by atoms with Crippen LogP contribution in [0.5, 0.6) is 23.0 Å². The van der Waals surface area contributed by atoms with Crippen LogP contribution in [-0.2, 0) is 0 Å². The van der Waals surface area contributed by atoms with Crippen molar-refractivity contribution in [2.45, 2.75) is 0 Å². The summed E-state index contributed by atoms with van der Waals surface area (Å²) in [6.07, 6.45) is 8.09. The summed E-state index contributed by atoms with van der Waals surface area (Å²) >= 11 is 25.3. The van der Waals surface area contributed by atoms with Crippen LogP contribution in [0.2, 0.25) is 0 Å². The van der Waals surface area contributed by atoms with Gasteiger partial charge in [0.2, 0.25) is 0 Å². The first-order valence-electron chi connectivity index (χ1n) is 17.2. The molecule has 60 heavy (non-hydrogen) atoms. The van der Waals surface area contributed by atoms with Gasteiger partial charge in [-0.2, -0.15) is 0 Å². The molecule has 2 aliphatic rings. The second-order valence-corrected chi connectivity index (χ2v) is 19.0. The molecule has 6 N–H and O–H groups in total. The number of aromatic nitrogens is 4. The van der Waals surface area contributed by atoms with E-state index in [1.54, 1.807) is 48.5 Å². The van der Waals surface area contributed by atoms with E-state index >= 15 is 0 Å². The molecule has 0 fully saturated rings. The van der Waals surface area contributed by atoms with Gasteiger partial charge in [0.05, 0.1) is 58.6 Å². The number of hydrogen-bond acceptors (Lipinski definition) is 6. The van der Waals surface area contributed by atoms with E-state index in [9.17, 15) is 0 Å². The summed E-state index contributed by atoms with van der Waals surface area (Å²) in [5.41, 5.74) is 7.86. The normalized spacial score (nSPS) is 10.8. The molecule has 2 aliphatic heterocycles. The molecular formula is C44H30Br8N4O4. The molecule has 8 bridgehead atoms. The van der Waals surface area contributed by atoms with Gasteiger partial charge in [0.1, 0.15) is 23.0 Å². The van der Waals surface area contributed by atoms with E-state index in [4.69, 9.17) is 20.4 Å². The fraction of sp³-hybridized carbons (Fsp3) is 0. The van der Waals surface area contributed by atoms with Crippen molar-refractivity contribution in [3.63, 3.8) is 0 Å². The minimum Gasteiger partial charge on any atom is -0.506 e. The molecule has 0 saturated heterocycles. The van der Waals surface area contributed by atoms with Crippen LogP contribution in [0.4, 0.5) is 0 Å². The average Bonchev–Trinajstić information content (AvgIpc) is 4.05. The van der Waals surface area contributed by atoms with Gasteiger partial charge in [0.25, 0.3) is 0 Å². The van der Waals surface area contributed by atoms with Crippen LogP contribution in [-0.4, -0.2) is 40.4 Å². The third-order valence-corrected chi connectivity index (χ3v) is 12.9. The van der Waals surface area contributed by atoms with Crippen LogP contribution in [0.1, 0.15) is 22.8 Å². The largest absolute Gasteiger partial charge is 0.506 e. The number of H-pyrrole nitrogens is 2. The van der Waals surface area contributed by atoms with Crippen LogP contribution in [0.3, 0.4) is 0 Å². The van der Waals surface area contributed by atoms with E-state index in [0.29, 0.717) is 35.8 Å². The van der Waals surface area contributed by atoms with Gasteiger partial charge in [0.15, 0.2) is 0 Å². The number of halogens is 8. The molecule has 0 unspecified atom stereocenters. The van der Waals surface area contributed by atoms with Crippen molar-refractivity contribution in [1.82, 2.24) is 19.9 Å². The van der Waals surface area contributed by atoms with Gasteiger partial charge in [-0.3, -0.25) is 0 Å². The average molecular weight is 1320 g/mol. The Morgan fingerprint density at radius 3 is 0.650 bits per heavy atom. The van der Waals surface area contributed by atoms with E-state index < -0.39 is 0 Å². The zero-order chi connectivity index (χ0) is 43.3. The first-order valence-corrected chi connectivity index (χ1v) is 23.6. The Balaban J connectivity index is 0.000000158. The van der Waals surface area contributed by atoms with Gasteiger partial charge in [0, 0.05) is 22.1 Å². The monoisotopic (exact) mass is 1310 g/mol. The van der Waals surface area contributed by atoms with Gasteiger partial charge >= 0.3 is 0 Å². The number of aromatic hydroxyl groups is 4. The third-order valence-electron chi connectivity index (χ3n) is 7.79. The molecule has 0 atom stereocenters. The molecule has 0 aliphatic carbocycles. The quantitative estimate of drug-likeness (QED) is 0.0894. The summed E-state index contributed by atoms with van der Waals surface area (Å²) in [4.78, 5) is 16.0. The number of benzene rings is 4. The second-order valence-electron chi connectivity index (χ2n) is 12.2. The maximum atomic E-state index is 9.11. The summed E-state index contributed by atoms with van der Waals surface area (Å²) in [6, 6.07) is 37.9. The van der Waals surface area contributed by atoms with E-state index in [1.165, 1.54) is 0 Å². The Hall–Kier alpha value is -3.48. The Morgan fingerprint density at radius 2 is 0.483 bits per heavy atom. The van der Waals surface area contributed by atoms with Gasteiger partial charge in [-0.05, 0) is 249 Å². The lowest BCUT2D eigenvalue weighted by atomic mass is 10.3. The standard InChI is InChI=1S/C20H14N4.4C6H4Br2O/c1-2-14-10-16-5-6-18(23-16)12-20-8-7-19(24-20)11-17-4-3-15(22-17)9-13(1)21-14;4*7-4-2-1-3-5(8)6(4)9/h1-12,21,24H;4*1-3,9H. The summed E-state index contributed by atoms with van der Waals surface area (Å²) in [5, 5.41) is 36.5. The number of rotatable bonds is 0. The second kappa shape index (κ2) is 23.1. The molecular weight excluding hydrogens is 1290 g/mol. The zero-order valence-corrected chi connectivity index (χ0v) is 43.3. The van der Waals surface area contributed by atoms with Crippen molar-refractivity contribution in [3.8, 4) is 23.0 Å². The van der Waals surface area contributed by atoms with Crippen molar-refractivity contribution in [1.29, 1.82) is 0 Å². The lowest BCUT2D eigenvalue weighted by Gasteiger charge is -1.96. The number of nitrogens with zero attached hydrogens (tertiary/aromatic N) is 2. The van der Waals surface area contributed by atoms with Crippen molar-refractivity contribution in [2.75, 3.05) is 0 Å². The van der Waals surface area contributed by atoms with Crippen LogP contribution in [0.15, 0.2) is 157 Å². The Labute approximate surface area is 412 Å². The molecule has 306 valence electrons. The minimum atomic E-state index is 0.248. The van der Waals surface area contributed by atoms with Gasteiger partial charge < -0.3 is 30.4 Å². The van der Waals surface area contributed by atoms with Crippen molar-refractivity contribution >= 4 is 174 Å². The maximum Gasteiger partial charge on any atom is 0.143 e. The van der Waals surface area contributed by atoms with E-state index in [1.807, 2.05) is 72.8 Å². The first kappa shape index (κ1) is 47.6. The van der Waals surface area contributed by atoms with E-state index in [-0.39, 0.29) is 23.0 Å². The van der Waals surface area contributed by atoms with Gasteiger partial charge in [-0.15, -0.1) is 0 Å². The molecule has 8 nitrogen and oxygen atoms in total. The highest BCUT2D eigenvalue weighted by molar-refractivity contribution is 9.12. The molecule has 4 aromatic carbocycles. The molecule has 0 spiro atoms. The fourth-order valence-corrected chi connectivity index (χ4v) is 8.89. The third kappa shape index (κ3) is 14.3. The molecule has 0 amide bonds. The molecule has 5 heterocycles. The van der Waals surface area contributed by atoms with Gasteiger partial charge in [-0.1, -0.05) is 24.3 Å². The Kier molecular flexibility index (Phi) is 18.3. The molecule has 0 radical (unpaired) electrons. The van der Waals surface area contributed by atoms with Crippen LogP contribution < -0.4 is 0 Å². The number of phenolic OH excluding ortho intramolecular Hbond substituents is 4. The highest BCUT2D eigenvalue weighted by Crippen LogP contribution is 2.33. The SMILES string of the molecule is C1=Cc2cc3ccc(cc4nc(cc5ccc(cc1n2)[nH]5)C=C4)[nH]3.Oc1c(Br)cccc1Br.Oc1c(Br)cccc1Br.Oc1c(Br)cccc1Br.Oc1c(Br)cccc1Br. The maximum absolute atomic E-state index is 9.11. The van der Waals surface area contributed by atoms with Crippen molar-refractivity contribution < 1.29 is 20.4 Å². The smallest absolute Gasteiger partial charge is 0.143 e. The molecule has 9 rings (SSSR count). The predicted molar refractivity (Wildman–Crippen MR) is 273 cm³/mol. The van der Waals surface area contributed by atoms with Crippen LogP contribution in [0.25, 0.3) is 46.4 Å². The van der Waals surface area contributed by atoms with Crippen LogP contribution in [0, 0.1) is 0 Å². The zero-order valence-electron chi connectivity index (χ0n) is 30.6. The summed E-state index contributed by atoms with van der Waals surface area (Å²) in [7, 11) is 0. The predicted octanol–water partition coefficient (Wildman–Crippen LogP) is 16.3.